The van der Waals surface area contributed by atoms with Crippen LogP contribution >= 0.6 is 15.9 Å². The highest BCUT2D eigenvalue weighted by atomic mass is 79.9. The van der Waals surface area contributed by atoms with Crippen LogP contribution in [-0.2, 0) is 0 Å². The number of methoxy groups -OCH3 is 1. The van der Waals surface area contributed by atoms with Crippen molar-refractivity contribution in [1.82, 2.24) is 14.9 Å². The van der Waals surface area contributed by atoms with Gasteiger partial charge in [-0.05, 0) is 61.2 Å². The lowest BCUT2D eigenvalue weighted by Gasteiger charge is -2.28. The molecule has 1 aromatic rings. The van der Waals surface area contributed by atoms with Crippen molar-refractivity contribution in [2.45, 2.75) is 19.3 Å². The van der Waals surface area contributed by atoms with Crippen molar-refractivity contribution in [2.24, 2.45) is 5.92 Å². The zero-order chi connectivity index (χ0) is 13.7. The van der Waals surface area contributed by atoms with Crippen molar-refractivity contribution in [1.29, 1.82) is 0 Å². The summed E-state index contributed by atoms with van der Waals surface area (Å²) in [5, 5.41) is 3.27. The second-order valence-electron chi connectivity index (χ2n) is 5.01. The minimum absolute atomic E-state index is 0.566. The smallest absolute Gasteiger partial charge is 0.232 e. The molecule has 1 aliphatic rings. The maximum Gasteiger partial charge on any atom is 0.232 e. The summed E-state index contributed by atoms with van der Waals surface area (Å²) >= 11 is 3.34. The summed E-state index contributed by atoms with van der Waals surface area (Å²) < 4.78 is 5.92. The predicted molar refractivity (Wildman–Crippen MR) is 79.6 cm³/mol. The quantitative estimate of drug-likeness (QED) is 0.899. The molecule has 1 fully saturated rings. The number of nitrogens with zero attached hydrogens (tertiary/aromatic N) is 3. The highest BCUT2D eigenvalue weighted by Crippen LogP contribution is 2.22. The lowest BCUT2D eigenvalue weighted by Crippen LogP contribution is -2.30. The number of hydrogen-bond donors (Lipinski definition) is 1. The fourth-order valence-corrected chi connectivity index (χ4v) is 2.67. The van der Waals surface area contributed by atoms with E-state index in [1.165, 1.54) is 32.4 Å². The van der Waals surface area contributed by atoms with Crippen LogP contribution in [0.15, 0.2) is 10.7 Å². The van der Waals surface area contributed by atoms with Gasteiger partial charge in [0.05, 0.1) is 17.8 Å². The number of aromatic nitrogens is 2. The molecular weight excluding hydrogens is 308 g/mol. The molecule has 1 N–H and O–H groups in total. The van der Waals surface area contributed by atoms with Crippen LogP contribution in [0, 0.1) is 5.92 Å². The molecule has 5 nitrogen and oxygen atoms in total. The Labute approximate surface area is 122 Å². The lowest BCUT2D eigenvalue weighted by atomic mass is 9.94. The van der Waals surface area contributed by atoms with Gasteiger partial charge in [0.2, 0.25) is 11.8 Å². The number of anilines is 1. The van der Waals surface area contributed by atoms with Crippen molar-refractivity contribution in [3.05, 3.63) is 10.7 Å². The summed E-state index contributed by atoms with van der Waals surface area (Å²) in [5.74, 6) is 2.02. The topological polar surface area (TPSA) is 50.3 Å². The number of rotatable bonds is 5. The zero-order valence-electron chi connectivity index (χ0n) is 11.5. The van der Waals surface area contributed by atoms with Crippen molar-refractivity contribution in [2.75, 3.05) is 39.1 Å². The molecule has 0 spiro atoms. The van der Waals surface area contributed by atoms with E-state index < -0.39 is 0 Å². The van der Waals surface area contributed by atoms with E-state index in [1.54, 1.807) is 13.3 Å². The number of halogens is 1. The van der Waals surface area contributed by atoms with Crippen LogP contribution in [0.1, 0.15) is 19.3 Å². The summed E-state index contributed by atoms with van der Waals surface area (Å²) in [5.41, 5.74) is 0. The summed E-state index contributed by atoms with van der Waals surface area (Å²) in [7, 11) is 3.80. The Morgan fingerprint density at radius 2 is 2.21 bits per heavy atom. The lowest BCUT2D eigenvalue weighted by molar-refractivity contribution is 0.215. The standard InChI is InChI=1S/C13H21BrN4O/c1-18-7-4-10(5-8-18)3-6-15-13-16-9-11(14)12(17-13)19-2/h9-10H,3-8H2,1-2H3,(H,15,16,17). The SMILES string of the molecule is COc1nc(NCCC2CCN(C)CC2)ncc1Br. The number of nitrogens with one attached hydrogen (secondary N) is 1. The molecule has 1 aromatic heterocycles. The molecule has 0 bridgehead atoms. The molecule has 2 rings (SSSR count). The minimum Gasteiger partial charge on any atom is -0.480 e. The van der Waals surface area contributed by atoms with Gasteiger partial charge in [-0.15, -0.1) is 0 Å². The van der Waals surface area contributed by atoms with Crippen LogP contribution in [0.4, 0.5) is 5.95 Å². The highest BCUT2D eigenvalue weighted by Gasteiger charge is 2.16. The summed E-state index contributed by atoms with van der Waals surface area (Å²) in [6, 6.07) is 0. The Hall–Kier alpha value is -0.880. The Balaban J connectivity index is 1.76. The first-order valence-electron chi connectivity index (χ1n) is 6.68. The van der Waals surface area contributed by atoms with Gasteiger partial charge in [-0.3, -0.25) is 0 Å². The van der Waals surface area contributed by atoms with E-state index in [0.717, 1.165) is 16.9 Å². The molecule has 0 amide bonds. The zero-order valence-corrected chi connectivity index (χ0v) is 13.1. The molecule has 1 saturated heterocycles. The first kappa shape index (κ1) is 14.5. The van der Waals surface area contributed by atoms with Crippen LogP contribution < -0.4 is 10.1 Å². The summed E-state index contributed by atoms with van der Waals surface area (Å²) in [6.07, 6.45) is 5.48. The first-order valence-corrected chi connectivity index (χ1v) is 7.47. The van der Waals surface area contributed by atoms with Crippen LogP contribution in [0.2, 0.25) is 0 Å². The van der Waals surface area contributed by atoms with Gasteiger partial charge in [0.15, 0.2) is 0 Å². The van der Waals surface area contributed by atoms with Gasteiger partial charge < -0.3 is 15.0 Å². The van der Waals surface area contributed by atoms with E-state index in [2.05, 4.69) is 43.2 Å². The van der Waals surface area contributed by atoms with Crippen molar-refractivity contribution >= 4 is 21.9 Å². The normalized spacial score (nSPS) is 17.4. The molecule has 19 heavy (non-hydrogen) atoms. The minimum atomic E-state index is 0.566. The van der Waals surface area contributed by atoms with Gasteiger partial charge in [0, 0.05) is 6.54 Å². The average molecular weight is 329 g/mol. The van der Waals surface area contributed by atoms with Gasteiger partial charge in [-0.25, -0.2) is 4.98 Å². The second-order valence-corrected chi connectivity index (χ2v) is 5.87. The average Bonchev–Trinajstić information content (AvgIpc) is 2.43. The van der Waals surface area contributed by atoms with Gasteiger partial charge in [-0.1, -0.05) is 0 Å². The number of likely N-dealkylation sites (tertiary alicyclic amines) is 1. The molecular formula is C13H21BrN4O. The fraction of sp³-hybridized carbons (Fsp3) is 0.692. The molecule has 0 aliphatic carbocycles. The molecule has 6 heteroatoms. The first-order chi connectivity index (χ1) is 9.19. The molecule has 0 radical (unpaired) electrons. The van der Waals surface area contributed by atoms with E-state index in [-0.39, 0.29) is 0 Å². The van der Waals surface area contributed by atoms with Gasteiger partial charge in [0.25, 0.3) is 0 Å². The van der Waals surface area contributed by atoms with Crippen LogP contribution in [0.25, 0.3) is 0 Å². The summed E-state index contributed by atoms with van der Waals surface area (Å²) in [4.78, 5) is 10.9. The third kappa shape index (κ3) is 4.31. The highest BCUT2D eigenvalue weighted by molar-refractivity contribution is 9.10. The van der Waals surface area contributed by atoms with E-state index in [0.29, 0.717) is 11.8 Å². The Bertz CT molecular complexity index is 408. The number of piperidine rings is 1. The van der Waals surface area contributed by atoms with Gasteiger partial charge >= 0.3 is 0 Å². The molecule has 0 unspecified atom stereocenters. The van der Waals surface area contributed by atoms with E-state index in [9.17, 15) is 0 Å². The monoisotopic (exact) mass is 328 g/mol. The van der Waals surface area contributed by atoms with E-state index >= 15 is 0 Å². The van der Waals surface area contributed by atoms with E-state index in [1.807, 2.05) is 0 Å². The maximum atomic E-state index is 5.15. The van der Waals surface area contributed by atoms with E-state index in [4.69, 9.17) is 4.74 Å². The Morgan fingerprint density at radius 3 is 2.89 bits per heavy atom. The third-order valence-corrected chi connectivity index (χ3v) is 4.12. The van der Waals surface area contributed by atoms with Crippen molar-refractivity contribution in [3.63, 3.8) is 0 Å². The third-order valence-electron chi connectivity index (χ3n) is 3.58. The number of ether oxygens (including phenoxy) is 1. The van der Waals surface area contributed by atoms with Crippen LogP contribution in [0.3, 0.4) is 0 Å². The van der Waals surface area contributed by atoms with Crippen molar-refractivity contribution < 1.29 is 4.74 Å². The predicted octanol–water partition coefficient (Wildman–Crippen LogP) is 2.39. The molecule has 106 valence electrons. The molecule has 0 atom stereocenters. The van der Waals surface area contributed by atoms with Crippen LogP contribution in [0.5, 0.6) is 5.88 Å². The van der Waals surface area contributed by atoms with Gasteiger partial charge in [-0.2, -0.15) is 4.98 Å². The molecule has 0 aromatic carbocycles. The Kier molecular flexibility index (Phi) is 5.39. The fourth-order valence-electron chi connectivity index (χ4n) is 2.32. The molecule has 1 aliphatic heterocycles. The molecule has 0 saturated carbocycles. The largest absolute Gasteiger partial charge is 0.480 e. The van der Waals surface area contributed by atoms with Crippen LogP contribution in [-0.4, -0.2) is 48.7 Å². The second kappa shape index (κ2) is 7.05. The Morgan fingerprint density at radius 1 is 1.47 bits per heavy atom. The summed E-state index contributed by atoms with van der Waals surface area (Å²) in [6.45, 7) is 3.35. The maximum absolute atomic E-state index is 5.15. The molecule has 2 heterocycles. The van der Waals surface area contributed by atoms with Crippen molar-refractivity contribution in [3.8, 4) is 5.88 Å². The van der Waals surface area contributed by atoms with Gasteiger partial charge in [0.1, 0.15) is 0 Å². The number of hydrogen-bond acceptors (Lipinski definition) is 5.